The Morgan fingerprint density at radius 2 is 1.93 bits per heavy atom. The van der Waals surface area contributed by atoms with Crippen molar-refractivity contribution >= 4 is 33.4 Å². The molecule has 1 heterocycles. The lowest BCUT2D eigenvalue weighted by Gasteiger charge is -2.20. The summed E-state index contributed by atoms with van der Waals surface area (Å²) >= 11 is 1.15. The first kappa shape index (κ1) is 21.2. The van der Waals surface area contributed by atoms with Gasteiger partial charge in [-0.15, -0.1) is 10.2 Å². The number of nitrogen functional groups attached to an aromatic ring is 1. The second-order valence-corrected chi connectivity index (χ2v) is 8.66. The lowest BCUT2D eigenvalue weighted by Crippen LogP contribution is -2.31. The van der Waals surface area contributed by atoms with Crippen molar-refractivity contribution < 1.29 is 13.2 Å². The molecule has 0 aliphatic heterocycles. The van der Waals surface area contributed by atoms with E-state index in [1.54, 1.807) is 39.8 Å². The topological polar surface area (TPSA) is 123 Å². The van der Waals surface area contributed by atoms with Gasteiger partial charge in [0, 0.05) is 18.8 Å². The smallest absolute Gasteiger partial charge is 0.243 e. The fourth-order valence-corrected chi connectivity index (χ4v) is 4.84. The first-order chi connectivity index (χ1) is 12.7. The Kier molecular flexibility index (Phi) is 6.84. The number of benzene rings is 1. The highest BCUT2D eigenvalue weighted by atomic mass is 32.2. The number of aromatic nitrogens is 3. The molecule has 0 aliphatic rings. The van der Waals surface area contributed by atoms with Crippen LogP contribution in [0.5, 0.6) is 0 Å². The van der Waals surface area contributed by atoms with E-state index in [1.807, 2.05) is 0 Å². The van der Waals surface area contributed by atoms with Crippen LogP contribution in [-0.2, 0) is 14.8 Å². The molecule has 27 heavy (non-hydrogen) atoms. The molecule has 0 spiro atoms. The van der Waals surface area contributed by atoms with Crippen LogP contribution in [-0.4, -0.2) is 52.3 Å². The number of carbonyl (C=O) groups excluding carboxylic acids is 1. The summed E-state index contributed by atoms with van der Waals surface area (Å²) in [6.45, 7) is 7.78. The summed E-state index contributed by atoms with van der Waals surface area (Å²) in [5.41, 5.74) is 1.04. The summed E-state index contributed by atoms with van der Waals surface area (Å²) in [6, 6.07) is 4.84. The maximum absolute atomic E-state index is 12.8. The number of amides is 1. The number of nitrogens with two attached hydrogens (primary N) is 1. The second kappa shape index (κ2) is 8.72. The minimum atomic E-state index is -3.61. The van der Waals surface area contributed by atoms with Crippen molar-refractivity contribution in [2.24, 2.45) is 0 Å². The fourth-order valence-electron chi connectivity index (χ4n) is 2.43. The van der Waals surface area contributed by atoms with Gasteiger partial charge in [0.05, 0.1) is 10.6 Å². The summed E-state index contributed by atoms with van der Waals surface area (Å²) in [5, 5.41) is 10.8. The van der Waals surface area contributed by atoms with Gasteiger partial charge in [0.15, 0.2) is 0 Å². The Morgan fingerprint density at radius 1 is 1.26 bits per heavy atom. The van der Waals surface area contributed by atoms with Crippen molar-refractivity contribution in [3.8, 4) is 0 Å². The third-order valence-electron chi connectivity index (χ3n) is 3.96. The van der Waals surface area contributed by atoms with E-state index >= 15 is 0 Å². The maximum atomic E-state index is 12.8. The highest BCUT2D eigenvalue weighted by Gasteiger charge is 2.24. The molecule has 1 aromatic heterocycles. The van der Waals surface area contributed by atoms with Gasteiger partial charge < -0.3 is 11.2 Å². The minimum Gasteiger partial charge on any atom is -0.336 e. The van der Waals surface area contributed by atoms with Crippen molar-refractivity contribution in [3.63, 3.8) is 0 Å². The van der Waals surface area contributed by atoms with E-state index in [0.29, 0.717) is 35.3 Å². The maximum Gasteiger partial charge on any atom is 0.243 e. The van der Waals surface area contributed by atoms with Crippen LogP contribution < -0.4 is 11.2 Å². The van der Waals surface area contributed by atoms with Crippen LogP contribution in [0.4, 0.5) is 5.69 Å². The summed E-state index contributed by atoms with van der Waals surface area (Å²) in [5.74, 6) is 6.07. The van der Waals surface area contributed by atoms with E-state index in [1.165, 1.54) is 15.0 Å². The monoisotopic (exact) mass is 412 g/mol. The van der Waals surface area contributed by atoms with E-state index in [-0.39, 0.29) is 16.6 Å². The molecule has 0 aliphatic carbocycles. The lowest BCUT2D eigenvalue weighted by molar-refractivity contribution is -0.113. The quantitative estimate of drug-likeness (QED) is 0.496. The summed E-state index contributed by atoms with van der Waals surface area (Å²) < 4.78 is 28.2. The van der Waals surface area contributed by atoms with Gasteiger partial charge in [-0.05, 0) is 31.5 Å². The zero-order valence-electron chi connectivity index (χ0n) is 15.8. The highest BCUT2D eigenvalue weighted by molar-refractivity contribution is 7.99. The molecule has 0 atom stereocenters. The molecule has 0 bridgehead atoms. The third kappa shape index (κ3) is 4.79. The highest BCUT2D eigenvalue weighted by Crippen LogP contribution is 2.24. The Morgan fingerprint density at radius 3 is 2.48 bits per heavy atom. The molecule has 0 unspecified atom stereocenters. The SMILES string of the molecule is CCN(CC)S(=O)(=O)c1cc(NC(=O)CSc2nnc(C)n2N)ccc1C. The first-order valence-electron chi connectivity index (χ1n) is 8.41. The zero-order chi connectivity index (χ0) is 20.2. The van der Waals surface area contributed by atoms with Crippen molar-refractivity contribution in [1.29, 1.82) is 0 Å². The van der Waals surface area contributed by atoms with E-state index in [4.69, 9.17) is 5.84 Å². The van der Waals surface area contributed by atoms with Crippen LogP contribution in [0.25, 0.3) is 0 Å². The number of hydrogen-bond acceptors (Lipinski definition) is 7. The van der Waals surface area contributed by atoms with Crippen LogP contribution in [0.3, 0.4) is 0 Å². The third-order valence-corrected chi connectivity index (χ3v) is 7.10. The second-order valence-electron chi connectivity index (χ2n) is 5.81. The van der Waals surface area contributed by atoms with Gasteiger partial charge in [0.2, 0.25) is 21.1 Å². The Balaban J connectivity index is 2.13. The molecule has 1 amide bonds. The molecule has 0 saturated heterocycles. The van der Waals surface area contributed by atoms with E-state index in [9.17, 15) is 13.2 Å². The van der Waals surface area contributed by atoms with Gasteiger partial charge in [0.1, 0.15) is 5.82 Å². The summed E-state index contributed by atoms with van der Waals surface area (Å²) in [4.78, 5) is 12.4. The average molecular weight is 413 g/mol. The van der Waals surface area contributed by atoms with Crippen LogP contribution in [0.1, 0.15) is 25.2 Å². The van der Waals surface area contributed by atoms with Crippen molar-refractivity contribution in [1.82, 2.24) is 19.2 Å². The zero-order valence-corrected chi connectivity index (χ0v) is 17.4. The van der Waals surface area contributed by atoms with Gasteiger partial charge in [-0.25, -0.2) is 13.1 Å². The predicted molar refractivity (Wildman–Crippen MR) is 106 cm³/mol. The number of aryl methyl sites for hydroxylation is 2. The Labute approximate surface area is 163 Å². The Hall–Kier alpha value is -2.11. The number of rotatable bonds is 8. The molecule has 3 N–H and O–H groups in total. The summed E-state index contributed by atoms with van der Waals surface area (Å²) in [7, 11) is -3.61. The van der Waals surface area contributed by atoms with Crippen LogP contribution in [0.15, 0.2) is 28.3 Å². The fraction of sp³-hybridized carbons (Fsp3) is 0.438. The average Bonchev–Trinajstić information content (AvgIpc) is 2.94. The number of nitrogens with one attached hydrogen (secondary N) is 1. The van der Waals surface area contributed by atoms with E-state index < -0.39 is 10.0 Å². The molecule has 11 heteroatoms. The molecule has 0 fully saturated rings. The minimum absolute atomic E-state index is 0.0708. The van der Waals surface area contributed by atoms with Gasteiger partial charge in [0.25, 0.3) is 0 Å². The predicted octanol–water partition coefficient (Wildman–Crippen LogP) is 1.37. The van der Waals surface area contributed by atoms with Crippen molar-refractivity contribution in [2.45, 2.75) is 37.7 Å². The van der Waals surface area contributed by atoms with Crippen LogP contribution in [0, 0.1) is 13.8 Å². The van der Waals surface area contributed by atoms with Gasteiger partial charge in [-0.2, -0.15) is 4.31 Å². The lowest BCUT2D eigenvalue weighted by atomic mass is 10.2. The van der Waals surface area contributed by atoms with Crippen molar-refractivity contribution in [3.05, 3.63) is 29.6 Å². The van der Waals surface area contributed by atoms with Crippen LogP contribution in [0.2, 0.25) is 0 Å². The molecule has 2 aromatic rings. The van der Waals surface area contributed by atoms with Crippen LogP contribution >= 0.6 is 11.8 Å². The number of thioether (sulfide) groups is 1. The molecular weight excluding hydrogens is 388 g/mol. The van der Waals surface area contributed by atoms with Crippen molar-refractivity contribution in [2.75, 3.05) is 30.0 Å². The molecular formula is C16H24N6O3S2. The molecule has 0 saturated carbocycles. The van der Waals surface area contributed by atoms with E-state index in [2.05, 4.69) is 15.5 Å². The normalized spacial score (nSPS) is 11.7. The number of sulfonamides is 1. The number of hydrogen-bond donors (Lipinski definition) is 2. The summed E-state index contributed by atoms with van der Waals surface area (Å²) in [6.07, 6.45) is 0. The number of nitrogens with zero attached hydrogens (tertiary/aromatic N) is 4. The largest absolute Gasteiger partial charge is 0.336 e. The number of carbonyl (C=O) groups is 1. The van der Waals surface area contributed by atoms with Gasteiger partial charge >= 0.3 is 0 Å². The standard InChI is InChI=1S/C16H24N6O3S2/c1-5-21(6-2)27(24,25)14-9-13(8-7-11(14)3)18-15(23)10-26-16-20-19-12(4)22(16)17/h7-9H,5-6,10,17H2,1-4H3,(H,18,23). The van der Waals surface area contributed by atoms with Gasteiger partial charge in [-0.3, -0.25) is 4.79 Å². The number of anilines is 1. The Bertz CT molecular complexity index is 922. The molecule has 148 valence electrons. The first-order valence-corrected chi connectivity index (χ1v) is 10.8. The van der Waals surface area contributed by atoms with E-state index in [0.717, 1.165) is 11.8 Å². The molecule has 9 nitrogen and oxygen atoms in total. The molecule has 0 radical (unpaired) electrons. The molecule has 2 rings (SSSR count). The molecule has 1 aromatic carbocycles. The van der Waals surface area contributed by atoms with Gasteiger partial charge in [-0.1, -0.05) is 31.7 Å².